The third-order valence-electron chi connectivity index (χ3n) is 7.34. The molecule has 0 aliphatic carbocycles. The molecule has 1 aromatic carbocycles. The van der Waals surface area contributed by atoms with E-state index in [9.17, 15) is 9.59 Å². The van der Waals surface area contributed by atoms with Crippen LogP contribution in [-0.2, 0) is 16.1 Å². The van der Waals surface area contributed by atoms with Gasteiger partial charge in [-0.2, -0.15) is 0 Å². The van der Waals surface area contributed by atoms with Gasteiger partial charge in [-0.25, -0.2) is 4.79 Å². The number of unbranched alkanes of at least 4 members (excludes halogenated alkanes) is 3. The van der Waals surface area contributed by atoms with Crippen molar-refractivity contribution in [2.75, 3.05) is 50.7 Å². The second kappa shape index (κ2) is 11.4. The van der Waals surface area contributed by atoms with Crippen LogP contribution < -0.4 is 10.2 Å². The monoisotopic (exact) mass is 531 g/mol. The first kappa shape index (κ1) is 26.8. The van der Waals surface area contributed by atoms with Crippen molar-refractivity contribution in [3.05, 3.63) is 29.3 Å². The zero-order valence-electron chi connectivity index (χ0n) is 21.5. The van der Waals surface area contributed by atoms with Gasteiger partial charge >= 0.3 is 5.97 Å². The Morgan fingerprint density at radius 3 is 2.44 bits per heavy atom. The maximum atomic E-state index is 13.3. The Bertz CT molecular complexity index is 1020. The lowest BCUT2D eigenvalue weighted by Crippen LogP contribution is -2.51. The highest BCUT2D eigenvalue weighted by Gasteiger charge is 2.49. The number of nitrogens with zero attached hydrogens (tertiary/aromatic N) is 4. The minimum atomic E-state index is -0.699. The minimum Gasteiger partial charge on any atom is -0.457 e. The summed E-state index contributed by atoms with van der Waals surface area (Å²) in [5.41, 5.74) is 1.36. The first-order valence-corrected chi connectivity index (χ1v) is 13.8. The van der Waals surface area contributed by atoms with E-state index in [4.69, 9.17) is 29.2 Å². The Balaban J connectivity index is 1.21. The van der Waals surface area contributed by atoms with Crippen molar-refractivity contribution in [1.82, 2.24) is 20.0 Å². The van der Waals surface area contributed by atoms with E-state index in [2.05, 4.69) is 22.0 Å². The maximum Gasteiger partial charge on any atom is 0.338 e. The normalized spacial score (nSPS) is 19.6. The predicted octanol–water partition coefficient (Wildman–Crippen LogP) is 3.14. The van der Waals surface area contributed by atoms with Crippen LogP contribution in [0.2, 0.25) is 0 Å². The van der Waals surface area contributed by atoms with Crippen LogP contribution in [-0.4, -0.2) is 88.2 Å². The number of rotatable bonds is 9. The molecule has 0 radical (unpaired) electrons. The van der Waals surface area contributed by atoms with Crippen molar-refractivity contribution in [1.29, 1.82) is 0 Å². The summed E-state index contributed by atoms with van der Waals surface area (Å²) in [6.07, 6.45) is 4.42. The molecule has 1 aromatic rings. The number of nitrogens with one attached hydrogen (secondary N) is 1. The third-order valence-corrected chi connectivity index (χ3v) is 8.15. The number of hydrogen-bond donors (Lipinski definition) is 1. The Kier molecular flexibility index (Phi) is 8.47. The first-order valence-electron chi connectivity index (χ1n) is 13.0. The number of carbonyl (C=O) groups is 2. The van der Waals surface area contributed by atoms with Crippen molar-refractivity contribution in [3.63, 3.8) is 0 Å². The fourth-order valence-corrected chi connectivity index (χ4v) is 5.93. The molecule has 0 unspecified atom stereocenters. The van der Waals surface area contributed by atoms with Crippen molar-refractivity contribution >= 4 is 52.2 Å². The van der Waals surface area contributed by atoms with Gasteiger partial charge in [0.2, 0.25) is 0 Å². The van der Waals surface area contributed by atoms with Gasteiger partial charge in [0.1, 0.15) is 12.1 Å². The van der Waals surface area contributed by atoms with Crippen LogP contribution in [0.1, 0.15) is 62.4 Å². The maximum absolute atomic E-state index is 13.3. The quantitative estimate of drug-likeness (QED) is 0.294. The van der Waals surface area contributed by atoms with Crippen LogP contribution in [0.5, 0.6) is 0 Å². The van der Waals surface area contributed by atoms with Gasteiger partial charge in [0.25, 0.3) is 5.91 Å². The van der Waals surface area contributed by atoms with E-state index in [0.717, 1.165) is 75.8 Å². The molecule has 1 amide bonds. The van der Waals surface area contributed by atoms with E-state index in [0.29, 0.717) is 16.4 Å². The van der Waals surface area contributed by atoms with E-state index in [-0.39, 0.29) is 18.5 Å². The van der Waals surface area contributed by atoms with Crippen LogP contribution in [0.4, 0.5) is 5.69 Å². The van der Waals surface area contributed by atoms with E-state index in [1.54, 1.807) is 17.0 Å². The Hall–Kier alpha value is -2.30. The van der Waals surface area contributed by atoms with Crippen LogP contribution in [0.3, 0.4) is 0 Å². The first-order chi connectivity index (χ1) is 17.2. The molecule has 2 fully saturated rings. The number of hydrogen-bond acceptors (Lipinski definition) is 6. The molecule has 10 heteroatoms. The molecular weight excluding hydrogens is 494 g/mol. The molecule has 3 aliphatic rings. The van der Waals surface area contributed by atoms with E-state index >= 15 is 0 Å². The summed E-state index contributed by atoms with van der Waals surface area (Å²) < 4.78 is 5.11. The number of thiocarbonyl (C=S) groups is 2. The zero-order chi connectivity index (χ0) is 25.9. The van der Waals surface area contributed by atoms with Gasteiger partial charge in [0.05, 0.1) is 11.3 Å². The van der Waals surface area contributed by atoms with Crippen LogP contribution in [0.15, 0.2) is 18.2 Å². The number of amides is 1. The van der Waals surface area contributed by atoms with E-state index in [1.807, 2.05) is 24.8 Å². The molecular formula is C26H37N5O3S2. The topological polar surface area (TPSA) is 68.4 Å². The molecule has 8 nitrogen and oxygen atoms in total. The fraction of sp³-hybridized carbons (Fsp3) is 0.615. The summed E-state index contributed by atoms with van der Waals surface area (Å²) in [5.74, 6) is -0.352. The summed E-state index contributed by atoms with van der Waals surface area (Å²) in [6.45, 7) is 13.0. The van der Waals surface area contributed by atoms with Gasteiger partial charge in [-0.1, -0.05) is 12.8 Å². The van der Waals surface area contributed by atoms with Crippen LogP contribution in [0.25, 0.3) is 0 Å². The highest BCUT2D eigenvalue weighted by molar-refractivity contribution is 7.80. The van der Waals surface area contributed by atoms with Gasteiger partial charge < -0.3 is 19.9 Å². The molecule has 3 heterocycles. The van der Waals surface area contributed by atoms with Crippen molar-refractivity contribution in [2.24, 2.45) is 0 Å². The van der Waals surface area contributed by atoms with Gasteiger partial charge in [0.15, 0.2) is 10.2 Å². The second-order valence-electron chi connectivity index (χ2n) is 10.1. The van der Waals surface area contributed by atoms with E-state index < -0.39 is 5.54 Å². The number of anilines is 1. The van der Waals surface area contributed by atoms with Gasteiger partial charge in [-0.15, -0.1) is 0 Å². The summed E-state index contributed by atoms with van der Waals surface area (Å²) in [7, 11) is 0. The lowest BCUT2D eigenvalue weighted by Gasteiger charge is -2.36. The largest absolute Gasteiger partial charge is 0.457 e. The lowest BCUT2D eigenvalue weighted by molar-refractivity contribution is -0.123. The van der Waals surface area contributed by atoms with Crippen molar-refractivity contribution in [2.45, 2.75) is 58.6 Å². The molecule has 0 spiro atoms. The smallest absolute Gasteiger partial charge is 0.338 e. The highest BCUT2D eigenvalue weighted by atomic mass is 32.1. The SMILES string of the molecule is CCNC(=S)N1CCN(CCCCCCN2C(=S)N(c3ccc4c(c3)COC4=O)C(=O)C2(C)C)CC1. The summed E-state index contributed by atoms with van der Waals surface area (Å²) in [5, 5.41) is 4.64. The van der Waals surface area contributed by atoms with Gasteiger partial charge in [0, 0.05) is 44.8 Å². The molecule has 0 saturated carbocycles. The second-order valence-corrected chi connectivity index (χ2v) is 10.9. The Morgan fingerprint density at radius 2 is 1.75 bits per heavy atom. The highest BCUT2D eigenvalue weighted by Crippen LogP contribution is 2.34. The average molecular weight is 532 g/mol. The molecule has 2 saturated heterocycles. The number of esters is 1. The Morgan fingerprint density at radius 1 is 1.06 bits per heavy atom. The van der Waals surface area contributed by atoms with Gasteiger partial charge in [-0.3, -0.25) is 14.6 Å². The molecule has 0 bridgehead atoms. The Labute approximate surface area is 224 Å². The standard InChI is InChI=1S/C26H37N5O3S2/c1-4-27-24(35)29-15-13-28(14-16-29)11-7-5-6-8-12-30-25(36)31(23(33)26(30,2)3)20-9-10-21-19(17-20)18-34-22(21)32/h9-10,17H,4-8,11-16,18H2,1-3H3,(H,27,35). The van der Waals surface area contributed by atoms with E-state index in [1.165, 1.54) is 6.42 Å². The molecule has 1 N–H and O–H groups in total. The number of carbonyl (C=O) groups excluding carboxylic acids is 2. The van der Waals surface area contributed by atoms with Crippen LogP contribution >= 0.6 is 24.4 Å². The van der Waals surface area contributed by atoms with Crippen molar-refractivity contribution in [3.8, 4) is 0 Å². The molecule has 36 heavy (non-hydrogen) atoms. The molecule has 0 aromatic heterocycles. The lowest BCUT2D eigenvalue weighted by atomic mass is 10.0. The van der Waals surface area contributed by atoms with Crippen LogP contribution in [0, 0.1) is 0 Å². The number of ether oxygens (including phenoxy) is 1. The molecule has 196 valence electrons. The third kappa shape index (κ3) is 5.50. The number of fused-ring (bicyclic) bond motifs is 1. The fourth-order valence-electron chi connectivity index (χ4n) is 5.09. The number of cyclic esters (lactones) is 1. The number of piperazine rings is 1. The summed E-state index contributed by atoms with van der Waals surface area (Å²) in [6, 6.07) is 5.35. The minimum absolute atomic E-state index is 0.0366. The number of benzene rings is 1. The average Bonchev–Trinajstić information content (AvgIpc) is 3.30. The van der Waals surface area contributed by atoms with Crippen molar-refractivity contribution < 1.29 is 14.3 Å². The molecule has 3 aliphatic heterocycles. The summed E-state index contributed by atoms with van der Waals surface area (Å²) >= 11 is 11.2. The molecule has 0 atom stereocenters. The summed E-state index contributed by atoms with van der Waals surface area (Å²) in [4.78, 5) is 33.5. The predicted molar refractivity (Wildman–Crippen MR) is 149 cm³/mol. The zero-order valence-corrected chi connectivity index (χ0v) is 23.2. The van der Waals surface area contributed by atoms with Gasteiger partial charge in [-0.05, 0) is 82.8 Å². The molecule has 4 rings (SSSR count).